The van der Waals surface area contributed by atoms with Crippen molar-refractivity contribution < 1.29 is 4.39 Å². The molecule has 1 aromatic carbocycles. The predicted molar refractivity (Wildman–Crippen MR) is 95.0 cm³/mol. The van der Waals surface area contributed by atoms with Crippen molar-refractivity contribution in [1.82, 2.24) is 10.3 Å². The summed E-state index contributed by atoms with van der Waals surface area (Å²) in [5.41, 5.74) is 1.14. The third-order valence-corrected chi connectivity index (χ3v) is 6.59. The van der Waals surface area contributed by atoms with Gasteiger partial charge in [-0.25, -0.2) is 9.37 Å². The van der Waals surface area contributed by atoms with Crippen LogP contribution in [0.1, 0.15) is 30.9 Å². The number of nitrogens with zero attached hydrogens (tertiary/aromatic N) is 2. The quantitative estimate of drug-likeness (QED) is 0.904. The third kappa shape index (κ3) is 3.39. The molecule has 4 rings (SSSR count). The first-order valence-corrected chi connectivity index (χ1v) is 9.99. The van der Waals surface area contributed by atoms with Gasteiger partial charge in [0, 0.05) is 41.6 Å². The van der Waals surface area contributed by atoms with Crippen LogP contribution in [0.5, 0.6) is 0 Å². The van der Waals surface area contributed by atoms with Crippen molar-refractivity contribution in [2.45, 2.75) is 36.2 Å². The van der Waals surface area contributed by atoms with Crippen molar-refractivity contribution in [2.75, 3.05) is 23.7 Å². The van der Waals surface area contributed by atoms with Crippen LogP contribution in [0.4, 0.5) is 9.52 Å². The minimum atomic E-state index is -0.128. The molecule has 0 bridgehead atoms. The van der Waals surface area contributed by atoms with E-state index in [-0.39, 0.29) is 5.82 Å². The first kappa shape index (κ1) is 15.4. The van der Waals surface area contributed by atoms with Gasteiger partial charge in [0.1, 0.15) is 5.82 Å². The minimum Gasteiger partial charge on any atom is -0.348 e. The largest absolute Gasteiger partial charge is 0.348 e. The van der Waals surface area contributed by atoms with Gasteiger partial charge in [-0.05, 0) is 48.8 Å². The number of fused-ring (bicyclic) bond motifs is 1. The number of nitrogens with one attached hydrogen (secondary N) is 1. The van der Waals surface area contributed by atoms with E-state index in [9.17, 15) is 4.39 Å². The molecule has 2 aliphatic rings. The van der Waals surface area contributed by atoms with Crippen LogP contribution < -0.4 is 10.2 Å². The maximum Gasteiger partial charge on any atom is 0.185 e. The van der Waals surface area contributed by atoms with Gasteiger partial charge in [-0.2, -0.15) is 0 Å². The number of halogens is 1. The molecule has 1 aromatic heterocycles. The fraction of sp³-hybridized carbons (Fsp3) is 0.471. The molecule has 23 heavy (non-hydrogen) atoms. The summed E-state index contributed by atoms with van der Waals surface area (Å²) in [5.74, 6) is 0.977. The second-order valence-electron chi connectivity index (χ2n) is 6.11. The summed E-state index contributed by atoms with van der Waals surface area (Å²) in [6.07, 6.45) is 5.19. The van der Waals surface area contributed by atoms with Gasteiger partial charge in [0.25, 0.3) is 0 Å². The van der Waals surface area contributed by atoms with Gasteiger partial charge in [0.15, 0.2) is 5.13 Å². The molecule has 0 aliphatic carbocycles. The molecule has 0 amide bonds. The van der Waals surface area contributed by atoms with Crippen molar-refractivity contribution in [3.8, 4) is 0 Å². The van der Waals surface area contributed by atoms with Gasteiger partial charge in [0.2, 0.25) is 0 Å². The summed E-state index contributed by atoms with van der Waals surface area (Å²) in [4.78, 5) is 8.00. The molecule has 122 valence electrons. The number of rotatable bonds is 3. The molecule has 1 fully saturated rings. The molecule has 0 spiro atoms. The Hall–Kier alpha value is -1.11. The summed E-state index contributed by atoms with van der Waals surface area (Å²) in [7, 11) is 0. The van der Waals surface area contributed by atoms with Crippen molar-refractivity contribution in [2.24, 2.45) is 0 Å². The maximum atomic E-state index is 13.6. The van der Waals surface area contributed by atoms with Crippen LogP contribution >= 0.6 is 23.1 Å². The van der Waals surface area contributed by atoms with E-state index in [4.69, 9.17) is 0 Å². The van der Waals surface area contributed by atoms with Gasteiger partial charge in [-0.1, -0.05) is 0 Å². The molecule has 0 unspecified atom stereocenters. The second-order valence-corrected chi connectivity index (χ2v) is 8.12. The lowest BCUT2D eigenvalue weighted by Gasteiger charge is -2.36. The molecule has 3 nitrogen and oxygen atoms in total. The molecule has 3 heterocycles. The number of thiazole rings is 1. The van der Waals surface area contributed by atoms with Crippen LogP contribution in [-0.4, -0.2) is 29.9 Å². The van der Waals surface area contributed by atoms with E-state index >= 15 is 0 Å². The van der Waals surface area contributed by atoms with Gasteiger partial charge in [0.05, 0.1) is 0 Å². The van der Waals surface area contributed by atoms with Crippen LogP contribution in [0, 0.1) is 5.82 Å². The third-order valence-electron chi connectivity index (χ3n) is 4.63. The Labute approximate surface area is 144 Å². The topological polar surface area (TPSA) is 28.2 Å². The maximum absolute atomic E-state index is 13.6. The number of hydrogen-bond donors (Lipinski definition) is 1. The van der Waals surface area contributed by atoms with Crippen LogP contribution in [0.25, 0.3) is 0 Å². The Kier molecular flexibility index (Phi) is 4.55. The smallest absolute Gasteiger partial charge is 0.185 e. The lowest BCUT2D eigenvalue weighted by molar-refractivity contribution is 0.360. The highest BCUT2D eigenvalue weighted by atomic mass is 32.2. The fourth-order valence-electron chi connectivity index (χ4n) is 3.43. The Balaban J connectivity index is 1.40. The number of aromatic nitrogens is 1. The normalized spacial score (nSPS) is 22.1. The molecular weight excluding hydrogens is 329 g/mol. The molecule has 1 saturated heterocycles. The standard InChI is InChI=1S/C17H20FN3S2/c18-12-1-2-16-14(11-12)15(5-9-22-16)20-13-3-7-21(8-4-13)17-19-6-10-23-17/h1-2,6,10-11,13,15,20H,3-5,7-9H2/t15-/m0/s1. The van der Waals surface area contributed by atoms with E-state index in [0.717, 1.165) is 48.8 Å². The molecule has 0 radical (unpaired) electrons. The Morgan fingerprint density at radius 1 is 1.22 bits per heavy atom. The molecule has 2 aromatic rings. The van der Waals surface area contributed by atoms with Crippen molar-refractivity contribution in [3.05, 3.63) is 41.2 Å². The highest BCUT2D eigenvalue weighted by molar-refractivity contribution is 7.99. The summed E-state index contributed by atoms with van der Waals surface area (Å²) < 4.78 is 13.6. The monoisotopic (exact) mass is 349 g/mol. The van der Waals surface area contributed by atoms with Crippen molar-refractivity contribution in [3.63, 3.8) is 0 Å². The number of thioether (sulfide) groups is 1. The molecule has 2 aliphatic heterocycles. The Bertz CT molecular complexity index is 654. The average molecular weight is 350 g/mol. The first-order chi connectivity index (χ1) is 11.3. The van der Waals surface area contributed by atoms with Gasteiger partial charge >= 0.3 is 0 Å². The predicted octanol–water partition coefficient (Wildman–Crippen LogP) is 4.08. The van der Waals surface area contributed by atoms with E-state index in [1.807, 2.05) is 29.4 Å². The highest BCUT2D eigenvalue weighted by Gasteiger charge is 2.26. The number of benzene rings is 1. The van der Waals surface area contributed by atoms with Crippen molar-refractivity contribution >= 4 is 28.2 Å². The SMILES string of the molecule is Fc1ccc2c(c1)[C@@H](NC1CCN(c3nccs3)CC1)CCS2. The number of piperidine rings is 1. The second kappa shape index (κ2) is 6.79. The van der Waals surface area contributed by atoms with E-state index < -0.39 is 0 Å². The zero-order valence-corrected chi connectivity index (χ0v) is 14.5. The van der Waals surface area contributed by atoms with Gasteiger partial charge in [-0.15, -0.1) is 23.1 Å². The van der Waals surface area contributed by atoms with Crippen LogP contribution in [0.2, 0.25) is 0 Å². The highest BCUT2D eigenvalue weighted by Crippen LogP contribution is 2.37. The summed E-state index contributed by atoms with van der Waals surface area (Å²) in [6, 6.07) is 6.01. The van der Waals surface area contributed by atoms with Crippen LogP contribution in [0.15, 0.2) is 34.7 Å². The zero-order valence-electron chi connectivity index (χ0n) is 12.9. The average Bonchev–Trinajstić information content (AvgIpc) is 3.11. The molecule has 6 heteroatoms. The minimum absolute atomic E-state index is 0.128. The molecule has 1 atom stereocenters. The lowest BCUT2D eigenvalue weighted by atomic mass is 9.99. The van der Waals surface area contributed by atoms with E-state index in [0.29, 0.717) is 12.1 Å². The Morgan fingerprint density at radius 3 is 2.87 bits per heavy atom. The van der Waals surface area contributed by atoms with Crippen LogP contribution in [0.3, 0.4) is 0 Å². The zero-order chi connectivity index (χ0) is 15.6. The van der Waals surface area contributed by atoms with Gasteiger partial charge < -0.3 is 10.2 Å². The number of hydrogen-bond acceptors (Lipinski definition) is 5. The number of anilines is 1. The summed E-state index contributed by atoms with van der Waals surface area (Å²) in [6.45, 7) is 2.09. The molecule has 0 saturated carbocycles. The molecular formula is C17H20FN3S2. The van der Waals surface area contributed by atoms with Gasteiger partial charge in [-0.3, -0.25) is 0 Å². The van der Waals surface area contributed by atoms with E-state index in [2.05, 4.69) is 15.2 Å². The summed E-state index contributed by atoms with van der Waals surface area (Å²) >= 11 is 3.55. The molecule has 1 N–H and O–H groups in total. The Morgan fingerprint density at radius 2 is 2.09 bits per heavy atom. The summed E-state index contributed by atoms with van der Waals surface area (Å²) in [5, 5.41) is 6.95. The van der Waals surface area contributed by atoms with Crippen molar-refractivity contribution in [1.29, 1.82) is 0 Å². The lowest BCUT2D eigenvalue weighted by Crippen LogP contribution is -2.44. The first-order valence-electron chi connectivity index (χ1n) is 8.12. The van der Waals surface area contributed by atoms with E-state index in [1.165, 1.54) is 4.90 Å². The van der Waals surface area contributed by atoms with Crippen LogP contribution in [-0.2, 0) is 0 Å². The van der Waals surface area contributed by atoms with E-state index in [1.54, 1.807) is 23.5 Å². The fourth-order valence-corrected chi connectivity index (χ4v) is 5.23.